The topological polar surface area (TPSA) is 108 Å². The van der Waals surface area contributed by atoms with E-state index in [4.69, 9.17) is 16.6 Å². The van der Waals surface area contributed by atoms with Gasteiger partial charge in [0.2, 0.25) is 11.9 Å². The number of rotatable bonds is 6. The van der Waals surface area contributed by atoms with E-state index >= 15 is 0 Å². The van der Waals surface area contributed by atoms with Crippen LogP contribution in [0.5, 0.6) is 0 Å². The Balaban J connectivity index is 1.39. The first-order valence-corrected chi connectivity index (χ1v) is 12.3. The van der Waals surface area contributed by atoms with E-state index in [9.17, 15) is 4.79 Å². The normalized spacial score (nSPS) is 13.5. The molecule has 11 heteroatoms. The molecule has 0 spiro atoms. The van der Waals surface area contributed by atoms with Gasteiger partial charge in [-0.15, -0.1) is 0 Å². The van der Waals surface area contributed by atoms with Crippen molar-refractivity contribution in [2.45, 2.75) is 6.92 Å². The SMILES string of the molecule is Cc1cccc(Cl)c1NC(=O)c1cnc(Nc2nc(-c3ccccc3)nc(N3CCNCC3)n2)s1. The van der Waals surface area contributed by atoms with Crippen LogP contribution in [0.1, 0.15) is 15.2 Å². The highest BCUT2D eigenvalue weighted by Gasteiger charge is 2.18. The molecule has 0 radical (unpaired) electrons. The van der Waals surface area contributed by atoms with Gasteiger partial charge in [0.1, 0.15) is 4.88 Å². The van der Waals surface area contributed by atoms with Crippen LogP contribution in [0.25, 0.3) is 11.4 Å². The minimum Gasteiger partial charge on any atom is -0.338 e. The van der Waals surface area contributed by atoms with E-state index in [-0.39, 0.29) is 5.91 Å². The van der Waals surface area contributed by atoms with Crippen LogP contribution in [-0.4, -0.2) is 52.0 Å². The predicted molar refractivity (Wildman–Crippen MR) is 140 cm³/mol. The van der Waals surface area contributed by atoms with Crippen LogP contribution in [0.15, 0.2) is 54.7 Å². The Morgan fingerprint density at radius 3 is 2.63 bits per heavy atom. The zero-order valence-electron chi connectivity index (χ0n) is 19.0. The number of carbonyl (C=O) groups is 1. The zero-order valence-corrected chi connectivity index (χ0v) is 20.5. The summed E-state index contributed by atoms with van der Waals surface area (Å²) >= 11 is 7.46. The second kappa shape index (κ2) is 10.3. The van der Waals surface area contributed by atoms with Gasteiger partial charge in [0.05, 0.1) is 16.9 Å². The maximum absolute atomic E-state index is 12.8. The molecule has 0 unspecified atom stereocenters. The number of piperazine rings is 1. The number of halogens is 1. The van der Waals surface area contributed by atoms with Gasteiger partial charge in [0.15, 0.2) is 11.0 Å². The summed E-state index contributed by atoms with van der Waals surface area (Å²) in [7, 11) is 0. The highest BCUT2D eigenvalue weighted by atomic mass is 35.5. The fourth-order valence-corrected chi connectivity index (χ4v) is 4.62. The maximum Gasteiger partial charge on any atom is 0.267 e. The molecule has 2 aromatic carbocycles. The summed E-state index contributed by atoms with van der Waals surface area (Å²) in [5, 5.41) is 10.4. The van der Waals surface area contributed by atoms with Crippen molar-refractivity contribution in [1.29, 1.82) is 0 Å². The number of anilines is 4. The molecule has 1 aliphatic heterocycles. The summed E-state index contributed by atoms with van der Waals surface area (Å²) in [5.74, 6) is 1.26. The third-order valence-corrected chi connectivity index (χ3v) is 6.69. The third kappa shape index (κ3) is 5.40. The van der Waals surface area contributed by atoms with Gasteiger partial charge in [-0.25, -0.2) is 4.98 Å². The molecular formula is C24H23ClN8OS. The van der Waals surface area contributed by atoms with Crippen molar-refractivity contribution in [2.24, 2.45) is 0 Å². The summed E-state index contributed by atoms with van der Waals surface area (Å²) in [4.78, 5) is 33.7. The third-order valence-electron chi connectivity index (χ3n) is 5.46. The molecule has 0 saturated carbocycles. The number of para-hydroxylation sites is 1. The molecule has 0 atom stereocenters. The Bertz CT molecular complexity index is 1320. The van der Waals surface area contributed by atoms with Crippen LogP contribution in [0.4, 0.5) is 22.7 Å². The fraction of sp³-hybridized carbons (Fsp3) is 0.208. The van der Waals surface area contributed by atoms with E-state index in [0.717, 1.165) is 37.3 Å². The largest absolute Gasteiger partial charge is 0.338 e. The lowest BCUT2D eigenvalue weighted by Gasteiger charge is -2.27. The Kier molecular flexibility index (Phi) is 6.84. The molecule has 3 heterocycles. The van der Waals surface area contributed by atoms with E-state index in [0.29, 0.717) is 38.4 Å². The highest BCUT2D eigenvalue weighted by Crippen LogP contribution is 2.28. The number of thiazole rings is 1. The lowest BCUT2D eigenvalue weighted by molar-refractivity contribution is 0.103. The Labute approximate surface area is 211 Å². The monoisotopic (exact) mass is 506 g/mol. The number of aromatic nitrogens is 4. The van der Waals surface area contributed by atoms with E-state index in [1.807, 2.05) is 49.4 Å². The minimum absolute atomic E-state index is 0.283. The first-order valence-electron chi connectivity index (χ1n) is 11.1. The number of hydrogen-bond acceptors (Lipinski definition) is 9. The van der Waals surface area contributed by atoms with E-state index in [1.54, 1.807) is 6.07 Å². The van der Waals surface area contributed by atoms with Gasteiger partial charge < -0.3 is 15.5 Å². The number of amides is 1. The predicted octanol–water partition coefficient (Wildman–Crippen LogP) is 4.36. The van der Waals surface area contributed by atoms with Crippen molar-refractivity contribution >= 4 is 51.6 Å². The lowest BCUT2D eigenvalue weighted by atomic mass is 10.2. The van der Waals surface area contributed by atoms with Gasteiger partial charge >= 0.3 is 0 Å². The van der Waals surface area contributed by atoms with E-state index < -0.39 is 0 Å². The van der Waals surface area contributed by atoms with Crippen molar-refractivity contribution in [3.8, 4) is 11.4 Å². The van der Waals surface area contributed by atoms with Crippen molar-refractivity contribution in [1.82, 2.24) is 25.3 Å². The molecule has 2 aromatic heterocycles. The average molecular weight is 507 g/mol. The summed E-state index contributed by atoms with van der Waals surface area (Å²) in [5.41, 5.74) is 2.36. The number of carbonyl (C=O) groups excluding carboxylic acids is 1. The van der Waals surface area contributed by atoms with Crippen molar-refractivity contribution < 1.29 is 4.79 Å². The molecule has 178 valence electrons. The number of hydrogen-bond donors (Lipinski definition) is 3. The van der Waals surface area contributed by atoms with Crippen molar-refractivity contribution in [3.05, 3.63) is 70.2 Å². The first-order chi connectivity index (χ1) is 17.1. The fourth-order valence-electron chi connectivity index (χ4n) is 3.64. The van der Waals surface area contributed by atoms with Crippen LogP contribution < -0.4 is 20.9 Å². The molecule has 5 rings (SSSR count). The van der Waals surface area contributed by atoms with E-state index in [1.165, 1.54) is 17.5 Å². The van der Waals surface area contributed by atoms with Crippen LogP contribution in [0.2, 0.25) is 5.02 Å². The van der Waals surface area contributed by atoms with Crippen LogP contribution in [0.3, 0.4) is 0 Å². The summed E-state index contributed by atoms with van der Waals surface area (Å²) in [6, 6.07) is 15.2. The Hall–Kier alpha value is -3.60. The van der Waals surface area contributed by atoms with Gasteiger partial charge in [-0.1, -0.05) is 65.4 Å². The first kappa shape index (κ1) is 23.2. The van der Waals surface area contributed by atoms with Crippen LogP contribution >= 0.6 is 22.9 Å². The van der Waals surface area contributed by atoms with E-state index in [2.05, 4.69) is 35.8 Å². The van der Waals surface area contributed by atoms with Gasteiger partial charge in [-0.2, -0.15) is 15.0 Å². The summed E-state index contributed by atoms with van der Waals surface area (Å²) in [6.07, 6.45) is 1.52. The number of nitrogens with zero attached hydrogens (tertiary/aromatic N) is 5. The second-order valence-electron chi connectivity index (χ2n) is 7.93. The molecule has 4 aromatic rings. The molecule has 0 bridgehead atoms. The number of nitrogens with one attached hydrogen (secondary N) is 3. The standard InChI is InChI=1S/C24H23ClN8OS/c1-15-6-5-9-17(25)19(15)28-21(34)18-14-27-24(35-18)32-22-29-20(16-7-3-2-4-8-16)30-23(31-22)33-12-10-26-11-13-33/h2-9,14,26H,10-13H2,1H3,(H,28,34)(H,27,29,30,31,32). The molecule has 3 N–H and O–H groups in total. The molecule has 35 heavy (non-hydrogen) atoms. The van der Waals surface area contributed by atoms with Crippen molar-refractivity contribution in [3.63, 3.8) is 0 Å². The van der Waals surface area contributed by atoms with Gasteiger partial charge in [-0.3, -0.25) is 10.1 Å². The van der Waals surface area contributed by atoms with Gasteiger partial charge in [-0.05, 0) is 18.6 Å². The molecule has 0 aliphatic carbocycles. The molecular weight excluding hydrogens is 484 g/mol. The zero-order chi connectivity index (χ0) is 24.2. The summed E-state index contributed by atoms with van der Waals surface area (Å²) in [6.45, 7) is 5.24. The number of aryl methyl sites for hydroxylation is 1. The second-order valence-corrected chi connectivity index (χ2v) is 9.36. The minimum atomic E-state index is -0.283. The van der Waals surface area contributed by atoms with Gasteiger partial charge in [0, 0.05) is 31.7 Å². The van der Waals surface area contributed by atoms with Crippen LogP contribution in [-0.2, 0) is 0 Å². The molecule has 1 fully saturated rings. The Morgan fingerprint density at radius 1 is 1.06 bits per heavy atom. The molecule has 1 aliphatic rings. The average Bonchev–Trinajstić information content (AvgIpc) is 3.36. The number of benzene rings is 2. The maximum atomic E-state index is 12.8. The van der Waals surface area contributed by atoms with Gasteiger partial charge in [0.25, 0.3) is 5.91 Å². The van der Waals surface area contributed by atoms with Crippen LogP contribution in [0, 0.1) is 6.92 Å². The quantitative estimate of drug-likeness (QED) is 0.354. The highest BCUT2D eigenvalue weighted by molar-refractivity contribution is 7.17. The molecule has 1 saturated heterocycles. The summed E-state index contributed by atoms with van der Waals surface area (Å²) < 4.78 is 0. The Morgan fingerprint density at radius 2 is 1.86 bits per heavy atom. The smallest absolute Gasteiger partial charge is 0.267 e. The molecule has 9 nitrogen and oxygen atoms in total. The molecule has 1 amide bonds. The van der Waals surface area contributed by atoms with Crippen molar-refractivity contribution in [2.75, 3.05) is 41.7 Å². The lowest BCUT2D eigenvalue weighted by Crippen LogP contribution is -2.44.